The number of carbonyl (C=O) groups is 2. The molecule has 0 saturated heterocycles. The number of anilines is 1. The lowest BCUT2D eigenvalue weighted by atomic mass is 10.0. The lowest BCUT2D eigenvalue weighted by Gasteiger charge is -2.34. The number of hydrogen-bond donors (Lipinski definition) is 1. The summed E-state index contributed by atoms with van der Waals surface area (Å²) in [6.45, 7) is 1.03. The number of rotatable bonds is 12. The van der Waals surface area contributed by atoms with Gasteiger partial charge in [-0.2, -0.15) is 0 Å². The van der Waals surface area contributed by atoms with Gasteiger partial charge in [-0.3, -0.25) is 13.9 Å². The SMILES string of the molecule is CCNC(=O)C(Cc1ccccc1)N(Cc1ccccc1F)C(=O)CN(c1ccc(Cl)cc1Cl)S(=O)(=O)c1ccccc1. The highest BCUT2D eigenvalue weighted by Gasteiger charge is 2.35. The molecule has 7 nitrogen and oxygen atoms in total. The van der Waals surface area contributed by atoms with E-state index in [1.54, 1.807) is 31.2 Å². The van der Waals surface area contributed by atoms with Crippen LogP contribution in [0.1, 0.15) is 18.1 Å². The maximum atomic E-state index is 14.9. The molecule has 0 saturated carbocycles. The topological polar surface area (TPSA) is 86.8 Å². The van der Waals surface area contributed by atoms with Crippen molar-refractivity contribution in [2.24, 2.45) is 0 Å². The molecule has 0 aliphatic heterocycles. The lowest BCUT2D eigenvalue weighted by molar-refractivity contribution is -0.140. The first kappa shape index (κ1) is 32.0. The van der Waals surface area contributed by atoms with Crippen LogP contribution >= 0.6 is 23.2 Å². The molecule has 0 aromatic heterocycles. The van der Waals surface area contributed by atoms with Crippen LogP contribution in [0.15, 0.2) is 108 Å². The lowest BCUT2D eigenvalue weighted by Crippen LogP contribution is -2.53. The molecule has 1 N–H and O–H groups in total. The van der Waals surface area contributed by atoms with Crippen molar-refractivity contribution in [2.45, 2.75) is 30.8 Å². The predicted molar refractivity (Wildman–Crippen MR) is 167 cm³/mol. The summed E-state index contributed by atoms with van der Waals surface area (Å²) in [4.78, 5) is 28.9. The Morgan fingerprint density at radius 2 is 1.51 bits per heavy atom. The van der Waals surface area contributed by atoms with E-state index in [9.17, 15) is 22.4 Å². The Morgan fingerprint density at radius 3 is 2.14 bits per heavy atom. The van der Waals surface area contributed by atoms with Crippen molar-refractivity contribution in [2.75, 3.05) is 17.4 Å². The number of sulfonamides is 1. The summed E-state index contributed by atoms with van der Waals surface area (Å²) in [6.07, 6.45) is 0.111. The first-order valence-corrected chi connectivity index (χ1v) is 15.7. The third-order valence-corrected chi connectivity index (χ3v) is 9.02. The highest BCUT2D eigenvalue weighted by molar-refractivity contribution is 7.92. The summed E-state index contributed by atoms with van der Waals surface area (Å²) in [7, 11) is -4.33. The molecule has 0 bridgehead atoms. The van der Waals surface area contributed by atoms with Gasteiger partial charge >= 0.3 is 0 Å². The third kappa shape index (κ3) is 7.93. The van der Waals surface area contributed by atoms with Crippen molar-refractivity contribution in [1.29, 1.82) is 0 Å². The van der Waals surface area contributed by atoms with Gasteiger partial charge in [-0.05, 0) is 48.9 Å². The second kappa shape index (κ2) is 14.5. The van der Waals surface area contributed by atoms with Crippen molar-refractivity contribution < 1.29 is 22.4 Å². The Hall–Kier alpha value is -3.92. The number of hydrogen-bond acceptors (Lipinski definition) is 4. The average Bonchev–Trinajstić information content (AvgIpc) is 3.00. The van der Waals surface area contributed by atoms with Gasteiger partial charge < -0.3 is 10.2 Å². The van der Waals surface area contributed by atoms with Gasteiger partial charge in [0.25, 0.3) is 10.0 Å². The molecular weight excluding hydrogens is 612 g/mol. The van der Waals surface area contributed by atoms with Crippen LogP contribution in [0.2, 0.25) is 10.0 Å². The minimum Gasteiger partial charge on any atom is -0.355 e. The zero-order valence-corrected chi connectivity index (χ0v) is 25.6. The molecule has 11 heteroatoms. The zero-order chi connectivity index (χ0) is 31.0. The van der Waals surface area contributed by atoms with Crippen LogP contribution in [0.3, 0.4) is 0 Å². The minimum atomic E-state index is -4.33. The molecule has 0 spiro atoms. The molecule has 0 heterocycles. The molecule has 0 fully saturated rings. The van der Waals surface area contributed by atoms with Crippen molar-refractivity contribution in [3.05, 3.63) is 130 Å². The highest BCUT2D eigenvalue weighted by atomic mass is 35.5. The maximum Gasteiger partial charge on any atom is 0.264 e. The van der Waals surface area contributed by atoms with E-state index in [0.717, 1.165) is 9.87 Å². The van der Waals surface area contributed by atoms with Gasteiger partial charge in [0.1, 0.15) is 18.4 Å². The molecule has 43 heavy (non-hydrogen) atoms. The minimum absolute atomic E-state index is 0.00465. The van der Waals surface area contributed by atoms with E-state index in [0.29, 0.717) is 6.54 Å². The average molecular weight is 643 g/mol. The Balaban J connectivity index is 1.82. The molecule has 4 rings (SSSR count). The number of halogens is 3. The van der Waals surface area contributed by atoms with Crippen LogP contribution in [-0.2, 0) is 32.6 Å². The first-order valence-electron chi connectivity index (χ1n) is 13.5. The molecular formula is C32H30Cl2FN3O4S. The molecule has 224 valence electrons. The number of benzene rings is 4. The second-order valence-electron chi connectivity index (χ2n) is 9.63. The standard InChI is InChI=1S/C32H30Cl2FN3O4S/c1-2-36-32(40)30(19-23-11-5-3-6-12-23)37(21-24-13-9-10-16-28(24)35)31(39)22-38(29-18-17-25(33)20-27(29)34)43(41,42)26-14-7-4-8-15-26/h3-18,20,30H,2,19,21-22H2,1H3,(H,36,40). The number of amides is 2. The number of nitrogens with one attached hydrogen (secondary N) is 1. The van der Waals surface area contributed by atoms with Gasteiger partial charge in [0.2, 0.25) is 11.8 Å². The molecule has 0 aliphatic rings. The van der Waals surface area contributed by atoms with E-state index < -0.39 is 40.2 Å². The molecule has 1 unspecified atom stereocenters. The monoisotopic (exact) mass is 641 g/mol. The quantitative estimate of drug-likeness (QED) is 0.202. The molecule has 0 aliphatic carbocycles. The summed E-state index contributed by atoms with van der Waals surface area (Å²) in [5, 5.41) is 3.04. The fourth-order valence-corrected chi connectivity index (χ4v) is 6.59. The maximum absolute atomic E-state index is 14.9. The fourth-order valence-electron chi connectivity index (χ4n) is 4.57. The number of carbonyl (C=O) groups excluding carboxylic acids is 2. The number of likely N-dealkylation sites (N-methyl/N-ethyl adjacent to an activating group) is 1. The van der Waals surface area contributed by atoms with Gasteiger partial charge in [-0.25, -0.2) is 12.8 Å². The van der Waals surface area contributed by atoms with Crippen molar-refractivity contribution in [3.8, 4) is 0 Å². The van der Waals surface area contributed by atoms with E-state index in [2.05, 4.69) is 5.32 Å². The van der Waals surface area contributed by atoms with Gasteiger partial charge in [0.05, 0.1) is 15.6 Å². The van der Waals surface area contributed by atoms with Crippen LogP contribution in [-0.4, -0.2) is 44.3 Å². The van der Waals surface area contributed by atoms with Gasteiger partial charge in [0.15, 0.2) is 0 Å². The Labute approximate surface area is 260 Å². The summed E-state index contributed by atoms with van der Waals surface area (Å²) < 4.78 is 43.7. The fraction of sp³-hybridized carbons (Fsp3) is 0.188. The first-order chi connectivity index (χ1) is 20.6. The van der Waals surface area contributed by atoms with E-state index in [1.807, 2.05) is 30.3 Å². The smallest absolute Gasteiger partial charge is 0.264 e. The van der Waals surface area contributed by atoms with Crippen LogP contribution < -0.4 is 9.62 Å². The van der Waals surface area contributed by atoms with Crippen LogP contribution in [0.5, 0.6) is 0 Å². The highest BCUT2D eigenvalue weighted by Crippen LogP contribution is 2.33. The largest absolute Gasteiger partial charge is 0.355 e. The van der Waals surface area contributed by atoms with E-state index >= 15 is 0 Å². The second-order valence-corrected chi connectivity index (χ2v) is 12.3. The predicted octanol–water partition coefficient (Wildman–Crippen LogP) is 6.10. The van der Waals surface area contributed by atoms with Gasteiger partial charge in [-0.1, -0.05) is 89.9 Å². The van der Waals surface area contributed by atoms with Crippen molar-refractivity contribution in [1.82, 2.24) is 10.2 Å². The Bertz CT molecular complexity index is 1670. The Kier molecular flexibility index (Phi) is 10.8. The molecule has 4 aromatic rings. The summed E-state index contributed by atoms with van der Waals surface area (Å²) in [5.74, 6) is -1.76. The van der Waals surface area contributed by atoms with Crippen molar-refractivity contribution >= 4 is 50.7 Å². The number of nitrogens with zero attached hydrogens (tertiary/aromatic N) is 2. The molecule has 1 atom stereocenters. The van der Waals surface area contributed by atoms with Gasteiger partial charge in [-0.15, -0.1) is 0 Å². The summed E-state index contributed by atoms with van der Waals surface area (Å²) in [5.41, 5.74) is 0.950. The third-order valence-electron chi connectivity index (χ3n) is 6.71. The van der Waals surface area contributed by atoms with E-state index in [4.69, 9.17) is 23.2 Å². The normalized spacial score (nSPS) is 11.9. The molecule has 4 aromatic carbocycles. The van der Waals surface area contributed by atoms with Crippen LogP contribution in [0.4, 0.5) is 10.1 Å². The van der Waals surface area contributed by atoms with Crippen molar-refractivity contribution in [3.63, 3.8) is 0 Å². The molecule has 0 radical (unpaired) electrons. The zero-order valence-electron chi connectivity index (χ0n) is 23.3. The summed E-state index contributed by atoms with van der Waals surface area (Å²) in [6, 6.07) is 25.8. The van der Waals surface area contributed by atoms with E-state index in [-0.39, 0.29) is 39.2 Å². The molecule has 2 amide bonds. The van der Waals surface area contributed by atoms with Crippen LogP contribution in [0.25, 0.3) is 0 Å². The summed E-state index contributed by atoms with van der Waals surface area (Å²) >= 11 is 12.6. The van der Waals surface area contributed by atoms with E-state index in [1.165, 1.54) is 53.4 Å². The van der Waals surface area contributed by atoms with Crippen LogP contribution in [0, 0.1) is 5.82 Å². The van der Waals surface area contributed by atoms with Gasteiger partial charge in [0, 0.05) is 30.1 Å². The Morgan fingerprint density at radius 1 is 0.884 bits per heavy atom.